The second kappa shape index (κ2) is 5.02. The summed E-state index contributed by atoms with van der Waals surface area (Å²) in [6.07, 6.45) is 3.52. The summed E-state index contributed by atoms with van der Waals surface area (Å²) in [6.45, 7) is 4.73. The van der Waals surface area contributed by atoms with Crippen LogP contribution in [0.25, 0.3) is 0 Å². The van der Waals surface area contributed by atoms with E-state index >= 15 is 0 Å². The number of aromatic nitrogens is 2. The first-order chi connectivity index (χ1) is 8.51. The van der Waals surface area contributed by atoms with Gasteiger partial charge in [0, 0.05) is 31.0 Å². The van der Waals surface area contributed by atoms with E-state index in [1.165, 1.54) is 0 Å². The highest BCUT2D eigenvalue weighted by atomic mass is 16.5. The van der Waals surface area contributed by atoms with Crippen LogP contribution in [0, 0.1) is 0 Å². The van der Waals surface area contributed by atoms with E-state index in [9.17, 15) is 9.90 Å². The Morgan fingerprint density at radius 2 is 2.11 bits per heavy atom. The summed E-state index contributed by atoms with van der Waals surface area (Å²) in [5.41, 5.74) is -0.126. The minimum Gasteiger partial charge on any atom is -0.481 e. The second-order valence-corrected chi connectivity index (χ2v) is 5.12. The van der Waals surface area contributed by atoms with Gasteiger partial charge in [0.2, 0.25) is 0 Å². The minimum absolute atomic E-state index is 0.352. The van der Waals surface area contributed by atoms with E-state index in [2.05, 4.69) is 9.97 Å². The Morgan fingerprint density at radius 3 is 2.72 bits per heavy atom. The summed E-state index contributed by atoms with van der Waals surface area (Å²) in [5.74, 6) is -0.185. The molecule has 1 fully saturated rings. The lowest BCUT2D eigenvalue weighted by Gasteiger charge is -2.23. The number of carbonyl (C=O) groups is 1. The van der Waals surface area contributed by atoms with Crippen molar-refractivity contribution >= 4 is 5.97 Å². The molecule has 0 aliphatic carbocycles. The number of carboxylic acids is 1. The van der Waals surface area contributed by atoms with Crippen molar-refractivity contribution in [2.24, 2.45) is 0 Å². The lowest BCUT2D eigenvalue weighted by atomic mass is 9.91. The average molecular weight is 250 g/mol. The number of rotatable bonds is 3. The van der Waals surface area contributed by atoms with Crippen LogP contribution in [0.1, 0.15) is 44.1 Å². The molecule has 0 amide bonds. The van der Waals surface area contributed by atoms with Crippen molar-refractivity contribution in [3.05, 3.63) is 23.8 Å². The number of nitrogens with zero attached hydrogens (tertiary/aromatic N) is 2. The van der Waals surface area contributed by atoms with E-state index < -0.39 is 11.4 Å². The van der Waals surface area contributed by atoms with E-state index in [1.54, 1.807) is 20.0 Å². The molecule has 1 aliphatic rings. The number of carboxylic acid groups (broad SMARTS) is 1. The van der Waals surface area contributed by atoms with Crippen LogP contribution in [0.2, 0.25) is 0 Å². The quantitative estimate of drug-likeness (QED) is 0.884. The van der Waals surface area contributed by atoms with Crippen molar-refractivity contribution < 1.29 is 14.6 Å². The zero-order chi connectivity index (χ0) is 13.2. The molecule has 2 rings (SSSR count). The third-order valence-corrected chi connectivity index (χ3v) is 3.41. The predicted molar refractivity (Wildman–Crippen MR) is 65.5 cm³/mol. The smallest absolute Gasteiger partial charge is 0.316 e. The van der Waals surface area contributed by atoms with Crippen LogP contribution in [-0.2, 0) is 14.9 Å². The van der Waals surface area contributed by atoms with E-state index in [0.29, 0.717) is 11.7 Å². The maximum absolute atomic E-state index is 11.2. The van der Waals surface area contributed by atoms with Gasteiger partial charge >= 0.3 is 5.97 Å². The lowest BCUT2D eigenvalue weighted by molar-refractivity contribution is -0.142. The molecule has 5 nitrogen and oxygen atoms in total. The monoisotopic (exact) mass is 250 g/mol. The van der Waals surface area contributed by atoms with Crippen molar-refractivity contribution in [1.82, 2.24) is 9.97 Å². The van der Waals surface area contributed by atoms with E-state index in [1.807, 2.05) is 6.07 Å². The molecular formula is C13H18N2O3. The summed E-state index contributed by atoms with van der Waals surface area (Å²) in [7, 11) is 0. The van der Waals surface area contributed by atoms with Crippen molar-refractivity contribution in [3.63, 3.8) is 0 Å². The number of ether oxygens (including phenoxy) is 1. The standard InChI is InChI=1S/C13H18N2O3/c1-13(2,12(16)17)11-14-6-3-10(15-11)9-4-7-18-8-5-9/h3,6,9H,4-5,7-8H2,1-2H3,(H,16,17). The fourth-order valence-electron chi connectivity index (χ4n) is 1.99. The molecular weight excluding hydrogens is 232 g/mol. The summed E-state index contributed by atoms with van der Waals surface area (Å²) in [5, 5.41) is 9.20. The third kappa shape index (κ3) is 2.51. The minimum atomic E-state index is -1.05. The zero-order valence-corrected chi connectivity index (χ0v) is 10.7. The van der Waals surface area contributed by atoms with Crippen LogP contribution >= 0.6 is 0 Å². The van der Waals surface area contributed by atoms with Gasteiger partial charge in [-0.05, 0) is 32.8 Å². The highest BCUT2D eigenvalue weighted by Crippen LogP contribution is 2.27. The van der Waals surface area contributed by atoms with Gasteiger partial charge in [-0.3, -0.25) is 4.79 Å². The van der Waals surface area contributed by atoms with Crippen molar-refractivity contribution in [2.45, 2.75) is 38.0 Å². The van der Waals surface area contributed by atoms with Gasteiger partial charge in [-0.2, -0.15) is 0 Å². The first-order valence-corrected chi connectivity index (χ1v) is 6.16. The Kier molecular flexibility index (Phi) is 3.61. The van der Waals surface area contributed by atoms with Gasteiger partial charge < -0.3 is 9.84 Å². The molecule has 0 atom stereocenters. The number of hydrogen-bond donors (Lipinski definition) is 1. The van der Waals surface area contributed by atoms with Crippen LogP contribution in [-0.4, -0.2) is 34.3 Å². The predicted octanol–water partition coefficient (Wildman–Crippen LogP) is 1.73. The molecule has 1 aliphatic heterocycles. The Hall–Kier alpha value is -1.49. The Bertz CT molecular complexity index is 440. The molecule has 0 spiro atoms. The molecule has 2 heterocycles. The fourth-order valence-corrected chi connectivity index (χ4v) is 1.99. The topological polar surface area (TPSA) is 72.3 Å². The molecule has 1 aromatic rings. The largest absolute Gasteiger partial charge is 0.481 e. The molecule has 1 aromatic heterocycles. The Labute approximate surface area is 106 Å². The van der Waals surface area contributed by atoms with Crippen LogP contribution in [0.15, 0.2) is 12.3 Å². The lowest BCUT2D eigenvalue weighted by Crippen LogP contribution is -2.31. The van der Waals surface area contributed by atoms with Crippen LogP contribution in [0.3, 0.4) is 0 Å². The van der Waals surface area contributed by atoms with Crippen molar-refractivity contribution in [2.75, 3.05) is 13.2 Å². The fraction of sp³-hybridized carbons (Fsp3) is 0.615. The van der Waals surface area contributed by atoms with Crippen molar-refractivity contribution in [3.8, 4) is 0 Å². The summed E-state index contributed by atoms with van der Waals surface area (Å²) < 4.78 is 5.32. The van der Waals surface area contributed by atoms with Gasteiger partial charge in [0.05, 0.1) is 0 Å². The van der Waals surface area contributed by atoms with Crippen molar-refractivity contribution in [1.29, 1.82) is 0 Å². The Balaban J connectivity index is 2.27. The molecule has 98 valence electrons. The van der Waals surface area contributed by atoms with Gasteiger partial charge in [0.1, 0.15) is 11.2 Å². The molecule has 0 saturated carbocycles. The van der Waals surface area contributed by atoms with Crippen LogP contribution in [0.5, 0.6) is 0 Å². The second-order valence-electron chi connectivity index (χ2n) is 5.12. The third-order valence-electron chi connectivity index (χ3n) is 3.41. The number of hydrogen-bond acceptors (Lipinski definition) is 4. The molecule has 18 heavy (non-hydrogen) atoms. The first kappa shape index (κ1) is 13.0. The van der Waals surface area contributed by atoms with Gasteiger partial charge in [-0.15, -0.1) is 0 Å². The molecule has 0 bridgehead atoms. The SMILES string of the molecule is CC(C)(C(=O)O)c1nccc(C2CCOCC2)n1. The summed E-state index contributed by atoms with van der Waals surface area (Å²) in [6, 6.07) is 1.87. The van der Waals surface area contributed by atoms with E-state index in [0.717, 1.165) is 31.7 Å². The van der Waals surface area contributed by atoms with Gasteiger partial charge in [-0.1, -0.05) is 0 Å². The molecule has 1 saturated heterocycles. The van der Waals surface area contributed by atoms with Gasteiger partial charge in [-0.25, -0.2) is 9.97 Å². The molecule has 5 heteroatoms. The highest BCUT2D eigenvalue weighted by Gasteiger charge is 2.33. The van der Waals surface area contributed by atoms with Gasteiger partial charge in [0.25, 0.3) is 0 Å². The molecule has 1 N–H and O–H groups in total. The van der Waals surface area contributed by atoms with E-state index in [-0.39, 0.29) is 0 Å². The summed E-state index contributed by atoms with van der Waals surface area (Å²) in [4.78, 5) is 19.8. The van der Waals surface area contributed by atoms with Crippen LogP contribution < -0.4 is 0 Å². The average Bonchev–Trinajstić information content (AvgIpc) is 2.40. The zero-order valence-electron chi connectivity index (χ0n) is 10.7. The Morgan fingerprint density at radius 1 is 1.44 bits per heavy atom. The molecule has 0 aromatic carbocycles. The first-order valence-electron chi connectivity index (χ1n) is 6.16. The maximum atomic E-state index is 11.2. The normalized spacial score (nSPS) is 17.7. The van der Waals surface area contributed by atoms with Crippen LogP contribution in [0.4, 0.5) is 0 Å². The summed E-state index contributed by atoms with van der Waals surface area (Å²) >= 11 is 0. The highest BCUT2D eigenvalue weighted by molar-refractivity contribution is 5.78. The van der Waals surface area contributed by atoms with E-state index in [4.69, 9.17) is 4.74 Å². The van der Waals surface area contributed by atoms with Gasteiger partial charge in [0.15, 0.2) is 0 Å². The number of aliphatic carboxylic acids is 1. The molecule has 0 unspecified atom stereocenters. The molecule has 0 radical (unpaired) electrons. The maximum Gasteiger partial charge on any atom is 0.316 e.